The quantitative estimate of drug-likeness (QED) is 0.816. The van der Waals surface area contributed by atoms with Crippen molar-refractivity contribution in [3.8, 4) is 5.75 Å². The molecule has 2 aromatic rings. The average Bonchev–Trinajstić information content (AvgIpc) is 2.65. The van der Waals surface area contributed by atoms with E-state index in [1.165, 1.54) is 4.90 Å². The number of fused-ring (bicyclic) bond motifs is 1. The molecule has 140 valence electrons. The van der Waals surface area contributed by atoms with Crippen LogP contribution >= 0.6 is 0 Å². The van der Waals surface area contributed by atoms with E-state index in [1.807, 2.05) is 0 Å². The Bertz CT molecular complexity index is 863. The Balaban J connectivity index is 1.63. The Morgan fingerprint density at radius 1 is 1.19 bits per heavy atom. The number of ether oxygens (including phenoxy) is 1. The fourth-order valence-corrected chi connectivity index (χ4v) is 2.84. The van der Waals surface area contributed by atoms with Crippen molar-refractivity contribution in [3.05, 3.63) is 54.1 Å². The maximum absolute atomic E-state index is 12.4. The Kier molecular flexibility index (Phi) is 5.40. The molecular weight excluding hydrogens is 348 g/mol. The van der Waals surface area contributed by atoms with Gasteiger partial charge in [-0.1, -0.05) is 31.2 Å². The van der Waals surface area contributed by atoms with Crippen LogP contribution in [0.1, 0.15) is 12.5 Å². The normalized spacial score (nSPS) is 14.1. The molecule has 1 heterocycles. The number of hydrogen-bond acceptors (Lipinski definition) is 4. The number of rotatable bonds is 6. The summed E-state index contributed by atoms with van der Waals surface area (Å²) in [7, 11) is 0. The molecule has 1 aliphatic heterocycles. The largest absolute Gasteiger partial charge is 0.482 e. The number of para-hydroxylation sites is 2. The topological polar surface area (TPSA) is 95.9 Å². The number of nitrogens with one attached hydrogen (secondary N) is 1. The molecule has 0 fully saturated rings. The van der Waals surface area contributed by atoms with E-state index in [0.717, 1.165) is 5.56 Å². The molecule has 0 radical (unpaired) electrons. The van der Waals surface area contributed by atoms with Gasteiger partial charge in [0.1, 0.15) is 12.3 Å². The van der Waals surface area contributed by atoms with Crippen LogP contribution in [0.25, 0.3) is 0 Å². The van der Waals surface area contributed by atoms with Crippen LogP contribution < -0.4 is 15.0 Å². The lowest BCUT2D eigenvalue weighted by molar-refractivity contribution is -0.141. The van der Waals surface area contributed by atoms with E-state index in [2.05, 4.69) is 5.32 Å². The average molecular weight is 368 g/mol. The third-order valence-electron chi connectivity index (χ3n) is 4.31. The zero-order valence-corrected chi connectivity index (χ0v) is 14.8. The maximum atomic E-state index is 12.4. The first-order chi connectivity index (χ1) is 12.9. The van der Waals surface area contributed by atoms with Crippen molar-refractivity contribution in [3.63, 3.8) is 0 Å². The summed E-state index contributed by atoms with van der Waals surface area (Å²) in [5.41, 5.74) is 2.03. The van der Waals surface area contributed by atoms with Crippen LogP contribution in [0.3, 0.4) is 0 Å². The van der Waals surface area contributed by atoms with Crippen molar-refractivity contribution in [2.24, 2.45) is 5.92 Å². The number of aliphatic carboxylic acids is 1. The smallest absolute Gasteiger partial charge is 0.306 e. The molecule has 0 aromatic heterocycles. The highest BCUT2D eigenvalue weighted by Crippen LogP contribution is 2.31. The van der Waals surface area contributed by atoms with Crippen molar-refractivity contribution in [1.82, 2.24) is 0 Å². The third-order valence-corrected chi connectivity index (χ3v) is 4.31. The Morgan fingerprint density at radius 3 is 2.59 bits per heavy atom. The number of hydrogen-bond donors (Lipinski definition) is 2. The lowest BCUT2D eigenvalue weighted by Gasteiger charge is -2.28. The first kappa shape index (κ1) is 18.4. The summed E-state index contributed by atoms with van der Waals surface area (Å²) in [6.07, 6.45) is 0.419. The minimum atomic E-state index is -0.845. The number of nitrogens with zero attached hydrogens (tertiary/aromatic N) is 1. The van der Waals surface area contributed by atoms with E-state index in [1.54, 1.807) is 55.5 Å². The molecule has 7 nitrogen and oxygen atoms in total. The number of amides is 2. The van der Waals surface area contributed by atoms with Gasteiger partial charge < -0.3 is 15.2 Å². The summed E-state index contributed by atoms with van der Waals surface area (Å²) in [4.78, 5) is 36.8. The van der Waals surface area contributed by atoms with Crippen molar-refractivity contribution in [2.75, 3.05) is 23.4 Å². The highest BCUT2D eigenvalue weighted by Gasteiger charge is 2.26. The van der Waals surface area contributed by atoms with Crippen molar-refractivity contribution >= 4 is 29.2 Å². The van der Waals surface area contributed by atoms with Crippen LogP contribution in [0.5, 0.6) is 5.75 Å². The van der Waals surface area contributed by atoms with Gasteiger partial charge in [-0.15, -0.1) is 0 Å². The van der Waals surface area contributed by atoms with Crippen LogP contribution in [-0.2, 0) is 20.8 Å². The van der Waals surface area contributed by atoms with Gasteiger partial charge in [-0.05, 0) is 36.2 Å². The lowest BCUT2D eigenvalue weighted by Crippen LogP contribution is -2.43. The van der Waals surface area contributed by atoms with E-state index in [4.69, 9.17) is 9.84 Å². The summed E-state index contributed by atoms with van der Waals surface area (Å²) in [6.45, 7) is 1.44. The summed E-state index contributed by atoms with van der Waals surface area (Å²) in [6, 6.07) is 14.1. The fourth-order valence-electron chi connectivity index (χ4n) is 2.84. The monoisotopic (exact) mass is 368 g/mol. The van der Waals surface area contributed by atoms with Crippen molar-refractivity contribution < 1.29 is 24.2 Å². The van der Waals surface area contributed by atoms with Gasteiger partial charge in [0.25, 0.3) is 5.91 Å². The Labute approximate surface area is 156 Å². The number of benzene rings is 2. The number of carbonyl (C=O) groups is 3. The molecule has 27 heavy (non-hydrogen) atoms. The zero-order valence-electron chi connectivity index (χ0n) is 14.8. The van der Waals surface area contributed by atoms with Crippen LogP contribution in [0.2, 0.25) is 0 Å². The second kappa shape index (κ2) is 7.90. The van der Waals surface area contributed by atoms with E-state index in [-0.39, 0.29) is 25.0 Å². The highest BCUT2D eigenvalue weighted by molar-refractivity contribution is 6.04. The van der Waals surface area contributed by atoms with Crippen molar-refractivity contribution in [1.29, 1.82) is 0 Å². The molecule has 2 amide bonds. The lowest BCUT2D eigenvalue weighted by atomic mass is 10.0. The summed E-state index contributed by atoms with van der Waals surface area (Å²) >= 11 is 0. The number of carbonyl (C=O) groups excluding carboxylic acids is 2. The second-order valence-electron chi connectivity index (χ2n) is 6.42. The predicted octanol–water partition coefficient (Wildman–Crippen LogP) is 2.31. The second-order valence-corrected chi connectivity index (χ2v) is 6.42. The van der Waals surface area contributed by atoms with Gasteiger partial charge in [-0.3, -0.25) is 19.3 Å². The maximum Gasteiger partial charge on any atom is 0.306 e. The van der Waals surface area contributed by atoms with E-state index in [0.29, 0.717) is 23.5 Å². The van der Waals surface area contributed by atoms with Crippen molar-refractivity contribution in [2.45, 2.75) is 13.3 Å². The molecular formula is C20H20N2O5. The first-order valence-electron chi connectivity index (χ1n) is 8.58. The molecule has 0 spiro atoms. The highest BCUT2D eigenvalue weighted by atomic mass is 16.5. The molecule has 0 saturated heterocycles. The summed E-state index contributed by atoms with van der Waals surface area (Å²) < 4.78 is 5.36. The Morgan fingerprint density at radius 2 is 1.89 bits per heavy atom. The number of anilines is 2. The molecule has 0 aliphatic carbocycles. The molecule has 1 aliphatic rings. The van der Waals surface area contributed by atoms with Gasteiger partial charge in [0.05, 0.1) is 11.6 Å². The summed E-state index contributed by atoms with van der Waals surface area (Å²) in [5, 5.41) is 11.7. The van der Waals surface area contributed by atoms with E-state index in [9.17, 15) is 14.4 Å². The van der Waals surface area contributed by atoms with E-state index >= 15 is 0 Å². The molecule has 1 unspecified atom stereocenters. The van der Waals surface area contributed by atoms with E-state index < -0.39 is 11.9 Å². The molecule has 0 bridgehead atoms. The van der Waals surface area contributed by atoms with Gasteiger partial charge in [0.15, 0.2) is 6.61 Å². The van der Waals surface area contributed by atoms with Crippen LogP contribution in [0, 0.1) is 5.92 Å². The number of carboxylic acids is 1. The van der Waals surface area contributed by atoms with Gasteiger partial charge in [0, 0.05) is 5.69 Å². The minimum Gasteiger partial charge on any atom is -0.482 e. The first-order valence-corrected chi connectivity index (χ1v) is 8.58. The molecule has 2 N–H and O–H groups in total. The van der Waals surface area contributed by atoms with Gasteiger partial charge in [-0.25, -0.2) is 0 Å². The molecule has 0 saturated carbocycles. The molecule has 2 aromatic carbocycles. The molecule has 1 atom stereocenters. The third kappa shape index (κ3) is 4.44. The van der Waals surface area contributed by atoms with Gasteiger partial charge in [-0.2, -0.15) is 0 Å². The van der Waals surface area contributed by atoms with Gasteiger partial charge >= 0.3 is 5.97 Å². The zero-order chi connectivity index (χ0) is 19.4. The number of carboxylic acid groups (broad SMARTS) is 1. The Hall–Kier alpha value is -3.35. The van der Waals surface area contributed by atoms with Crippen LogP contribution in [0.15, 0.2) is 48.5 Å². The SMILES string of the molecule is CC(Cc1ccc(NC(=O)CN2C(=O)COc3ccccc32)cc1)C(=O)O. The van der Waals surface area contributed by atoms with Gasteiger partial charge in [0.2, 0.25) is 5.91 Å². The summed E-state index contributed by atoms with van der Waals surface area (Å²) in [5.74, 6) is -1.35. The molecule has 3 rings (SSSR count). The van der Waals surface area contributed by atoms with Crippen LogP contribution in [0.4, 0.5) is 11.4 Å². The molecule has 7 heteroatoms. The van der Waals surface area contributed by atoms with Crippen LogP contribution in [-0.4, -0.2) is 36.0 Å². The standard InChI is InChI=1S/C20H20N2O5/c1-13(20(25)26)10-14-6-8-15(9-7-14)21-18(23)11-22-16-4-2-3-5-17(16)27-12-19(22)24/h2-9,13H,10-12H2,1H3,(H,21,23)(H,25,26). The predicted molar refractivity (Wildman–Crippen MR) is 99.9 cm³/mol. The minimum absolute atomic E-state index is 0.0965. The fraction of sp³-hybridized carbons (Fsp3) is 0.250.